The zero-order valence-electron chi connectivity index (χ0n) is 15.0. The average Bonchev–Trinajstić information content (AvgIpc) is 2.67. The molecule has 2 aromatic rings. The molecule has 6 nitrogen and oxygen atoms in total. The highest BCUT2D eigenvalue weighted by Gasteiger charge is 2.30. The number of cyclic esters (lactones) is 1. The van der Waals surface area contributed by atoms with Crippen LogP contribution in [0.2, 0.25) is 0 Å². The Hall–Kier alpha value is -2.60. The molecule has 1 aromatic heterocycles. The lowest BCUT2D eigenvalue weighted by atomic mass is 10.0. The third kappa shape index (κ3) is 4.14. The van der Waals surface area contributed by atoms with E-state index in [9.17, 15) is 4.79 Å². The molecule has 1 aliphatic heterocycles. The van der Waals surface area contributed by atoms with Gasteiger partial charge in [0.2, 0.25) is 0 Å². The monoisotopic (exact) mass is 355 g/mol. The van der Waals surface area contributed by atoms with Crippen molar-refractivity contribution in [2.24, 2.45) is 0 Å². The van der Waals surface area contributed by atoms with E-state index in [0.29, 0.717) is 18.8 Å². The second kappa shape index (κ2) is 8.19. The zero-order valence-corrected chi connectivity index (χ0v) is 15.0. The van der Waals surface area contributed by atoms with Gasteiger partial charge in [-0.15, -0.1) is 0 Å². The predicted octanol–water partition coefficient (Wildman–Crippen LogP) is 3.38. The van der Waals surface area contributed by atoms with Gasteiger partial charge >= 0.3 is 6.09 Å². The van der Waals surface area contributed by atoms with Crippen molar-refractivity contribution in [1.82, 2.24) is 9.88 Å². The SMILES string of the molecule is C[C@@H](c1ccc(-c2ccc(N)nc2)cc1)N1CC[C@@H](CCCO)OC1=O. The van der Waals surface area contributed by atoms with Gasteiger partial charge in [-0.1, -0.05) is 24.3 Å². The molecule has 3 rings (SSSR count). The summed E-state index contributed by atoms with van der Waals surface area (Å²) in [5.41, 5.74) is 8.74. The molecule has 2 atom stereocenters. The molecule has 2 heterocycles. The summed E-state index contributed by atoms with van der Waals surface area (Å²) < 4.78 is 5.50. The first-order chi connectivity index (χ1) is 12.6. The van der Waals surface area contributed by atoms with Gasteiger partial charge in [-0.3, -0.25) is 0 Å². The van der Waals surface area contributed by atoms with E-state index in [1.165, 1.54) is 0 Å². The Morgan fingerprint density at radius 3 is 2.62 bits per heavy atom. The van der Waals surface area contributed by atoms with Crippen molar-refractivity contribution >= 4 is 11.9 Å². The van der Waals surface area contributed by atoms with Crippen LogP contribution in [0.1, 0.15) is 37.8 Å². The summed E-state index contributed by atoms with van der Waals surface area (Å²) in [6, 6.07) is 11.8. The van der Waals surface area contributed by atoms with Gasteiger partial charge in [0.25, 0.3) is 0 Å². The van der Waals surface area contributed by atoms with E-state index in [4.69, 9.17) is 15.6 Å². The standard InChI is InChI=1S/C20H25N3O3/c1-14(23-11-10-18(3-2-12-24)26-20(23)25)15-4-6-16(7-5-15)17-8-9-19(21)22-13-17/h4-9,13-14,18,24H,2-3,10-12H2,1H3,(H2,21,22)/t14-,18+/m0/s1. The van der Waals surface area contributed by atoms with Crippen LogP contribution in [0.3, 0.4) is 0 Å². The first-order valence-corrected chi connectivity index (χ1v) is 8.98. The van der Waals surface area contributed by atoms with Crippen LogP contribution in [0.25, 0.3) is 11.1 Å². The van der Waals surface area contributed by atoms with Gasteiger partial charge in [-0.05, 0) is 43.0 Å². The van der Waals surface area contributed by atoms with Crippen LogP contribution in [0.5, 0.6) is 0 Å². The van der Waals surface area contributed by atoms with Gasteiger partial charge in [0.05, 0.1) is 6.04 Å². The molecule has 1 saturated heterocycles. The van der Waals surface area contributed by atoms with Crippen molar-refractivity contribution in [2.75, 3.05) is 18.9 Å². The van der Waals surface area contributed by atoms with E-state index in [1.54, 1.807) is 17.2 Å². The number of nitrogens with two attached hydrogens (primary N) is 1. The first-order valence-electron chi connectivity index (χ1n) is 8.98. The van der Waals surface area contributed by atoms with Crippen molar-refractivity contribution in [2.45, 2.75) is 38.3 Å². The smallest absolute Gasteiger partial charge is 0.410 e. The minimum absolute atomic E-state index is 0.0557. The highest BCUT2D eigenvalue weighted by molar-refractivity contribution is 5.69. The number of nitrogen functional groups attached to an aromatic ring is 1. The number of hydrogen-bond donors (Lipinski definition) is 2. The molecule has 1 aliphatic rings. The normalized spacial score (nSPS) is 18.5. The number of aliphatic hydroxyl groups is 1. The summed E-state index contributed by atoms with van der Waals surface area (Å²) in [6.07, 6.45) is 3.56. The number of aromatic nitrogens is 1. The van der Waals surface area contributed by atoms with Crippen molar-refractivity contribution in [1.29, 1.82) is 0 Å². The summed E-state index contributed by atoms with van der Waals surface area (Å²) in [5, 5.41) is 8.91. The van der Waals surface area contributed by atoms with Crippen LogP contribution >= 0.6 is 0 Å². The first kappa shape index (κ1) is 18.2. The Bertz CT molecular complexity index is 731. The van der Waals surface area contributed by atoms with Crippen molar-refractivity contribution in [3.05, 3.63) is 48.2 Å². The van der Waals surface area contributed by atoms with Gasteiger partial charge in [-0.25, -0.2) is 9.78 Å². The van der Waals surface area contributed by atoms with E-state index >= 15 is 0 Å². The summed E-state index contributed by atoms with van der Waals surface area (Å²) in [4.78, 5) is 18.2. The maximum atomic E-state index is 12.3. The fourth-order valence-electron chi connectivity index (χ4n) is 3.23. The number of nitrogens with zero attached hydrogens (tertiary/aromatic N) is 2. The molecule has 6 heteroatoms. The topological polar surface area (TPSA) is 88.7 Å². The Morgan fingerprint density at radius 2 is 2.00 bits per heavy atom. The second-order valence-electron chi connectivity index (χ2n) is 6.62. The number of amides is 1. The highest BCUT2D eigenvalue weighted by atomic mass is 16.6. The Labute approximate surface area is 153 Å². The van der Waals surface area contributed by atoms with Crippen molar-refractivity contribution in [3.8, 4) is 11.1 Å². The molecule has 0 radical (unpaired) electrons. The van der Waals surface area contributed by atoms with Gasteiger partial charge in [-0.2, -0.15) is 0 Å². The number of benzene rings is 1. The summed E-state index contributed by atoms with van der Waals surface area (Å²) >= 11 is 0. The highest BCUT2D eigenvalue weighted by Crippen LogP contribution is 2.28. The number of hydrogen-bond acceptors (Lipinski definition) is 5. The molecule has 0 aliphatic carbocycles. The molecule has 138 valence electrons. The molecule has 1 amide bonds. The lowest BCUT2D eigenvalue weighted by Gasteiger charge is -2.35. The molecule has 1 aromatic carbocycles. The molecular formula is C20H25N3O3. The quantitative estimate of drug-likeness (QED) is 0.829. The molecule has 0 unspecified atom stereocenters. The Kier molecular flexibility index (Phi) is 5.73. The number of rotatable bonds is 6. The maximum absolute atomic E-state index is 12.3. The van der Waals surface area contributed by atoms with Crippen LogP contribution in [0.4, 0.5) is 10.6 Å². The molecule has 0 spiro atoms. The molecule has 0 saturated carbocycles. The number of pyridine rings is 1. The zero-order chi connectivity index (χ0) is 18.5. The van der Waals surface area contributed by atoms with Crippen molar-refractivity contribution < 1.29 is 14.6 Å². The number of aliphatic hydroxyl groups excluding tert-OH is 1. The van der Waals surface area contributed by atoms with E-state index < -0.39 is 0 Å². The molecule has 26 heavy (non-hydrogen) atoms. The number of ether oxygens (including phenoxy) is 1. The fourth-order valence-corrected chi connectivity index (χ4v) is 3.23. The van der Waals surface area contributed by atoms with E-state index in [0.717, 1.165) is 29.5 Å². The molecule has 3 N–H and O–H groups in total. The Morgan fingerprint density at radius 1 is 1.27 bits per heavy atom. The predicted molar refractivity (Wildman–Crippen MR) is 100 cm³/mol. The minimum Gasteiger partial charge on any atom is -0.446 e. The molecule has 0 bridgehead atoms. The summed E-state index contributed by atoms with van der Waals surface area (Å²) in [5.74, 6) is 0.500. The van der Waals surface area contributed by atoms with Crippen LogP contribution in [0.15, 0.2) is 42.6 Å². The maximum Gasteiger partial charge on any atom is 0.410 e. The lowest BCUT2D eigenvalue weighted by Crippen LogP contribution is -2.43. The van der Waals surface area contributed by atoms with Crippen LogP contribution in [0, 0.1) is 0 Å². The molecular weight excluding hydrogens is 330 g/mol. The third-order valence-electron chi connectivity index (χ3n) is 4.86. The number of anilines is 1. The fraction of sp³-hybridized carbons (Fsp3) is 0.400. The largest absolute Gasteiger partial charge is 0.446 e. The van der Waals surface area contributed by atoms with E-state index in [1.807, 2.05) is 37.3 Å². The van der Waals surface area contributed by atoms with Gasteiger partial charge in [0.1, 0.15) is 11.9 Å². The van der Waals surface area contributed by atoms with E-state index in [-0.39, 0.29) is 24.8 Å². The Balaban J connectivity index is 1.65. The van der Waals surface area contributed by atoms with Gasteiger partial charge in [0.15, 0.2) is 0 Å². The summed E-state index contributed by atoms with van der Waals surface area (Å²) in [7, 11) is 0. The van der Waals surface area contributed by atoms with Crippen LogP contribution < -0.4 is 5.73 Å². The summed E-state index contributed by atoms with van der Waals surface area (Å²) in [6.45, 7) is 2.80. The molecule has 1 fully saturated rings. The van der Waals surface area contributed by atoms with Gasteiger partial charge in [0, 0.05) is 31.3 Å². The van der Waals surface area contributed by atoms with E-state index in [2.05, 4.69) is 4.98 Å². The average molecular weight is 355 g/mol. The third-order valence-corrected chi connectivity index (χ3v) is 4.86. The van der Waals surface area contributed by atoms with Crippen LogP contribution in [-0.4, -0.2) is 40.3 Å². The van der Waals surface area contributed by atoms with Crippen LogP contribution in [-0.2, 0) is 4.74 Å². The number of carbonyl (C=O) groups excluding carboxylic acids is 1. The lowest BCUT2D eigenvalue weighted by molar-refractivity contribution is 0.00760. The number of carbonyl (C=O) groups is 1. The van der Waals surface area contributed by atoms with Gasteiger partial charge < -0.3 is 20.5 Å². The second-order valence-corrected chi connectivity index (χ2v) is 6.62. The minimum atomic E-state index is -0.279. The van der Waals surface area contributed by atoms with Crippen molar-refractivity contribution in [3.63, 3.8) is 0 Å².